The van der Waals surface area contributed by atoms with Gasteiger partial charge in [-0.05, 0) is 55.2 Å². The third kappa shape index (κ3) is 5.85. The average Bonchev–Trinajstić information content (AvgIpc) is 2.39. The fraction of sp³-hybridized carbons (Fsp3) is 0.235. The van der Waals surface area contributed by atoms with Crippen LogP contribution in [0.3, 0.4) is 0 Å². The first-order valence-electron chi connectivity index (χ1n) is 6.93. The van der Waals surface area contributed by atoms with E-state index in [1.807, 2.05) is 36.4 Å². The number of rotatable bonds is 4. The van der Waals surface area contributed by atoms with Crippen molar-refractivity contribution in [2.24, 2.45) is 10.7 Å². The van der Waals surface area contributed by atoms with Crippen molar-refractivity contribution < 1.29 is 0 Å². The average molecular weight is 430 g/mol. The fourth-order valence-corrected chi connectivity index (χ4v) is 2.46. The van der Waals surface area contributed by atoms with Crippen LogP contribution in [0.2, 0.25) is 5.02 Å². The number of aryl methyl sites for hydroxylation is 2. The van der Waals surface area contributed by atoms with Gasteiger partial charge in [0.1, 0.15) is 0 Å². The molecule has 0 bridgehead atoms. The molecule has 3 N–H and O–H groups in total. The summed E-state index contributed by atoms with van der Waals surface area (Å²) < 4.78 is 0. The van der Waals surface area contributed by atoms with Gasteiger partial charge in [-0.25, -0.2) is 0 Å². The van der Waals surface area contributed by atoms with E-state index in [4.69, 9.17) is 17.3 Å². The molecule has 0 aliphatic rings. The first kappa shape index (κ1) is 18.8. The zero-order chi connectivity index (χ0) is 15.2. The fourth-order valence-electron chi connectivity index (χ4n) is 2.23. The second-order valence-corrected chi connectivity index (χ2v) is 5.52. The van der Waals surface area contributed by atoms with Crippen LogP contribution >= 0.6 is 35.6 Å². The Balaban J connectivity index is 0.00000242. The highest BCUT2D eigenvalue weighted by Crippen LogP contribution is 2.15. The van der Waals surface area contributed by atoms with Gasteiger partial charge in [0.15, 0.2) is 5.96 Å². The Bertz CT molecular complexity index is 636. The molecule has 0 heterocycles. The van der Waals surface area contributed by atoms with E-state index >= 15 is 0 Å². The first-order chi connectivity index (χ1) is 10.0. The summed E-state index contributed by atoms with van der Waals surface area (Å²) in [5, 5.41) is 3.89. The number of aliphatic imine (C=N–C) groups is 1. The molecule has 5 heteroatoms. The molecule has 118 valence electrons. The van der Waals surface area contributed by atoms with Crippen molar-refractivity contribution in [3.05, 3.63) is 64.2 Å². The molecule has 0 atom stereocenters. The third-order valence-corrected chi connectivity index (χ3v) is 3.48. The van der Waals surface area contributed by atoms with Crippen LogP contribution < -0.4 is 11.1 Å². The van der Waals surface area contributed by atoms with Crippen molar-refractivity contribution in [3.8, 4) is 0 Å². The van der Waals surface area contributed by atoms with E-state index in [0.717, 1.165) is 22.7 Å². The normalized spacial score (nSPS) is 11.0. The number of hydrogen-bond acceptors (Lipinski definition) is 1. The summed E-state index contributed by atoms with van der Waals surface area (Å²) in [7, 11) is 0. The maximum atomic E-state index is 6.11. The summed E-state index contributed by atoms with van der Waals surface area (Å²) in [6, 6.07) is 14.0. The maximum absolute atomic E-state index is 6.11. The maximum Gasteiger partial charge on any atom is 0.193 e. The lowest BCUT2D eigenvalue weighted by molar-refractivity contribution is 0.965. The van der Waals surface area contributed by atoms with Gasteiger partial charge in [0.2, 0.25) is 0 Å². The minimum absolute atomic E-state index is 0. The van der Waals surface area contributed by atoms with E-state index in [1.54, 1.807) is 0 Å². The van der Waals surface area contributed by atoms with Crippen molar-refractivity contribution in [1.29, 1.82) is 0 Å². The van der Waals surface area contributed by atoms with E-state index < -0.39 is 0 Å². The lowest BCUT2D eigenvalue weighted by atomic mass is 10.1. The predicted octanol–water partition coefficient (Wildman–Crippen LogP) is 4.54. The number of anilines is 1. The van der Waals surface area contributed by atoms with Gasteiger partial charge in [0, 0.05) is 17.3 Å². The standard InChI is InChI=1S/C17H20ClN3.HI/c1-12-9-13(2)11-15(10-12)21-17(19)20-8-7-14-5-3-4-6-16(14)18;/h3-6,9-11H,7-8H2,1-2H3,(H3,19,20,21);1H. The molecule has 22 heavy (non-hydrogen) atoms. The third-order valence-electron chi connectivity index (χ3n) is 3.12. The number of benzene rings is 2. The van der Waals surface area contributed by atoms with Crippen molar-refractivity contribution >= 4 is 47.2 Å². The van der Waals surface area contributed by atoms with Crippen LogP contribution in [-0.2, 0) is 6.42 Å². The summed E-state index contributed by atoms with van der Waals surface area (Å²) >= 11 is 6.11. The Kier molecular flexibility index (Phi) is 7.68. The number of guanidine groups is 1. The van der Waals surface area contributed by atoms with Gasteiger partial charge < -0.3 is 11.1 Å². The molecule has 0 amide bonds. The van der Waals surface area contributed by atoms with E-state index in [9.17, 15) is 0 Å². The molecule has 2 aromatic rings. The summed E-state index contributed by atoms with van der Waals surface area (Å²) in [4.78, 5) is 4.34. The number of nitrogens with one attached hydrogen (secondary N) is 1. The van der Waals surface area contributed by atoms with E-state index in [0.29, 0.717) is 12.5 Å². The Morgan fingerprint density at radius 1 is 1.14 bits per heavy atom. The Morgan fingerprint density at radius 2 is 1.77 bits per heavy atom. The van der Waals surface area contributed by atoms with Gasteiger partial charge in [-0.3, -0.25) is 4.99 Å². The SMILES string of the molecule is Cc1cc(C)cc(NC(N)=NCCc2ccccc2Cl)c1.I. The summed E-state index contributed by atoms with van der Waals surface area (Å²) in [6.45, 7) is 4.72. The smallest absolute Gasteiger partial charge is 0.193 e. The van der Waals surface area contributed by atoms with Gasteiger partial charge >= 0.3 is 0 Å². The number of hydrogen-bond donors (Lipinski definition) is 2. The van der Waals surface area contributed by atoms with Gasteiger partial charge in [0.05, 0.1) is 0 Å². The predicted molar refractivity (Wildman–Crippen MR) is 107 cm³/mol. The van der Waals surface area contributed by atoms with Gasteiger partial charge in [0.25, 0.3) is 0 Å². The van der Waals surface area contributed by atoms with Crippen LogP contribution in [0.25, 0.3) is 0 Å². The highest BCUT2D eigenvalue weighted by Gasteiger charge is 2.00. The van der Waals surface area contributed by atoms with Crippen LogP contribution in [0, 0.1) is 13.8 Å². The van der Waals surface area contributed by atoms with Crippen molar-refractivity contribution in [1.82, 2.24) is 0 Å². The van der Waals surface area contributed by atoms with Crippen LogP contribution in [0.4, 0.5) is 5.69 Å². The van der Waals surface area contributed by atoms with Crippen LogP contribution in [-0.4, -0.2) is 12.5 Å². The molecule has 0 unspecified atom stereocenters. The topological polar surface area (TPSA) is 50.4 Å². The molecule has 0 saturated heterocycles. The van der Waals surface area contributed by atoms with E-state index in [2.05, 4.69) is 30.2 Å². The monoisotopic (exact) mass is 429 g/mol. The number of nitrogens with zero attached hydrogens (tertiary/aromatic N) is 1. The lowest BCUT2D eigenvalue weighted by Gasteiger charge is -2.08. The summed E-state index contributed by atoms with van der Waals surface area (Å²) in [5.41, 5.74) is 10.4. The quantitative estimate of drug-likeness (QED) is 0.426. The molecule has 2 rings (SSSR count). The minimum atomic E-state index is 0. The first-order valence-corrected chi connectivity index (χ1v) is 7.31. The second kappa shape index (κ2) is 9.00. The largest absolute Gasteiger partial charge is 0.370 e. The Morgan fingerprint density at radius 3 is 2.41 bits per heavy atom. The van der Waals surface area contributed by atoms with E-state index in [1.165, 1.54) is 11.1 Å². The Hall–Kier alpha value is -1.27. The molecule has 0 aromatic heterocycles. The van der Waals surface area contributed by atoms with Gasteiger partial charge in [-0.2, -0.15) is 0 Å². The van der Waals surface area contributed by atoms with E-state index in [-0.39, 0.29) is 24.0 Å². The molecule has 0 fully saturated rings. The minimum Gasteiger partial charge on any atom is -0.370 e. The zero-order valence-corrected chi connectivity index (χ0v) is 15.9. The molecule has 0 spiro atoms. The molecule has 2 aromatic carbocycles. The summed E-state index contributed by atoms with van der Waals surface area (Å²) in [6.07, 6.45) is 0.773. The Labute approximate surface area is 154 Å². The van der Waals surface area contributed by atoms with Crippen molar-refractivity contribution in [3.63, 3.8) is 0 Å². The van der Waals surface area contributed by atoms with Gasteiger partial charge in [-0.15, -0.1) is 24.0 Å². The molecule has 0 aliphatic heterocycles. The van der Waals surface area contributed by atoms with Gasteiger partial charge in [-0.1, -0.05) is 35.9 Å². The summed E-state index contributed by atoms with van der Waals surface area (Å²) in [5.74, 6) is 0.423. The van der Waals surface area contributed by atoms with Crippen molar-refractivity contribution in [2.75, 3.05) is 11.9 Å². The lowest BCUT2D eigenvalue weighted by Crippen LogP contribution is -2.23. The molecule has 0 saturated carbocycles. The zero-order valence-electron chi connectivity index (χ0n) is 12.8. The molecular weight excluding hydrogens is 409 g/mol. The van der Waals surface area contributed by atoms with Crippen LogP contribution in [0.1, 0.15) is 16.7 Å². The van der Waals surface area contributed by atoms with Crippen LogP contribution in [0.15, 0.2) is 47.5 Å². The molecule has 0 radical (unpaired) electrons. The van der Waals surface area contributed by atoms with Crippen LogP contribution in [0.5, 0.6) is 0 Å². The second-order valence-electron chi connectivity index (χ2n) is 5.11. The highest BCUT2D eigenvalue weighted by atomic mass is 127. The number of nitrogens with two attached hydrogens (primary N) is 1. The highest BCUT2D eigenvalue weighted by molar-refractivity contribution is 14.0. The van der Waals surface area contributed by atoms with Crippen molar-refractivity contribution in [2.45, 2.75) is 20.3 Å². The number of halogens is 2. The molecular formula is C17H21ClIN3. The molecule has 3 nitrogen and oxygen atoms in total. The molecule has 0 aliphatic carbocycles.